The van der Waals surface area contributed by atoms with Crippen molar-refractivity contribution in [3.63, 3.8) is 0 Å². The number of benzene rings is 1. The molecule has 0 atom stereocenters. The average Bonchev–Trinajstić information content (AvgIpc) is 2.68. The fourth-order valence-corrected chi connectivity index (χ4v) is 3.62. The Morgan fingerprint density at radius 2 is 1.83 bits per heavy atom. The normalized spacial score (nSPS) is 12.9. The first-order valence-electron chi connectivity index (χ1n) is 10.1. The van der Waals surface area contributed by atoms with Crippen LogP contribution in [0.15, 0.2) is 29.2 Å². The molecule has 0 N–H and O–H groups in total. The molecule has 0 aliphatic carbocycles. The summed E-state index contributed by atoms with van der Waals surface area (Å²) >= 11 is 0. The SMILES string of the molecule is COCCCOc1cc2c(cc1OC)-c1cc(=O)c(C(C)=O)cn1N(C(C)(C)C)C2. The number of Topliss-reactive ketones (excluding diaryl/α,β-unsaturated/α-hetero) is 1. The van der Waals surface area contributed by atoms with Crippen LogP contribution in [0.1, 0.15) is 50.0 Å². The van der Waals surface area contributed by atoms with Crippen molar-refractivity contribution in [2.24, 2.45) is 0 Å². The Morgan fingerprint density at radius 1 is 1.10 bits per heavy atom. The molecule has 0 amide bonds. The second-order valence-corrected chi connectivity index (χ2v) is 8.42. The highest BCUT2D eigenvalue weighted by Gasteiger charge is 2.31. The van der Waals surface area contributed by atoms with E-state index in [9.17, 15) is 9.59 Å². The van der Waals surface area contributed by atoms with Gasteiger partial charge in [0.1, 0.15) is 0 Å². The standard InChI is InChI=1S/C23H30N2O5/c1-15(26)18-14-24-19(12-20(18)27)17-11-21(29-6)22(30-9-7-8-28-5)10-16(17)13-25(24)23(2,3)4/h10-12,14H,7-9,13H2,1-6H3. The van der Waals surface area contributed by atoms with Crippen molar-refractivity contribution >= 4 is 5.78 Å². The summed E-state index contributed by atoms with van der Waals surface area (Å²) in [7, 11) is 3.26. The van der Waals surface area contributed by atoms with Gasteiger partial charge in [0.2, 0.25) is 0 Å². The molecule has 2 heterocycles. The largest absolute Gasteiger partial charge is 0.493 e. The van der Waals surface area contributed by atoms with Gasteiger partial charge in [-0.2, -0.15) is 0 Å². The van der Waals surface area contributed by atoms with Crippen molar-refractivity contribution in [2.45, 2.75) is 46.2 Å². The van der Waals surface area contributed by atoms with Crippen LogP contribution in [0.3, 0.4) is 0 Å². The monoisotopic (exact) mass is 414 g/mol. The van der Waals surface area contributed by atoms with Gasteiger partial charge >= 0.3 is 0 Å². The number of methoxy groups -OCH3 is 2. The number of carbonyl (C=O) groups is 1. The molecule has 2 aromatic rings. The molecule has 1 aromatic heterocycles. The molecular formula is C23H30N2O5. The second-order valence-electron chi connectivity index (χ2n) is 8.42. The third kappa shape index (κ3) is 4.21. The fraction of sp³-hybridized carbons (Fsp3) is 0.478. The zero-order valence-electron chi connectivity index (χ0n) is 18.6. The number of pyridine rings is 1. The highest BCUT2D eigenvalue weighted by atomic mass is 16.5. The van der Waals surface area contributed by atoms with E-state index in [-0.39, 0.29) is 22.3 Å². The summed E-state index contributed by atoms with van der Waals surface area (Å²) in [6.07, 6.45) is 2.42. The summed E-state index contributed by atoms with van der Waals surface area (Å²) in [5.41, 5.74) is 2.31. The van der Waals surface area contributed by atoms with Crippen LogP contribution >= 0.6 is 0 Å². The predicted molar refractivity (Wildman–Crippen MR) is 116 cm³/mol. The minimum atomic E-state index is -0.283. The molecule has 0 bridgehead atoms. The lowest BCUT2D eigenvalue weighted by Crippen LogP contribution is -2.51. The smallest absolute Gasteiger partial charge is 0.193 e. The number of nitrogens with zero attached hydrogens (tertiary/aromatic N) is 2. The molecule has 1 aliphatic heterocycles. The van der Waals surface area contributed by atoms with Crippen LogP contribution in [0, 0.1) is 0 Å². The van der Waals surface area contributed by atoms with Crippen LogP contribution in [0.4, 0.5) is 0 Å². The highest BCUT2D eigenvalue weighted by Crippen LogP contribution is 2.39. The van der Waals surface area contributed by atoms with Crippen molar-refractivity contribution < 1.29 is 19.0 Å². The first-order valence-corrected chi connectivity index (χ1v) is 10.1. The van der Waals surface area contributed by atoms with E-state index in [1.165, 1.54) is 13.0 Å². The highest BCUT2D eigenvalue weighted by molar-refractivity contribution is 5.94. The molecule has 1 aromatic carbocycles. The van der Waals surface area contributed by atoms with Gasteiger partial charge in [-0.15, -0.1) is 0 Å². The van der Waals surface area contributed by atoms with Gasteiger partial charge in [0.15, 0.2) is 22.7 Å². The van der Waals surface area contributed by atoms with Gasteiger partial charge in [-0.05, 0) is 45.4 Å². The molecule has 0 saturated heterocycles. The van der Waals surface area contributed by atoms with Gasteiger partial charge in [-0.25, -0.2) is 0 Å². The maximum absolute atomic E-state index is 12.6. The molecule has 7 heteroatoms. The Labute approximate surface area is 177 Å². The Kier molecular flexibility index (Phi) is 6.22. The summed E-state index contributed by atoms with van der Waals surface area (Å²) in [4.78, 5) is 24.6. The zero-order chi connectivity index (χ0) is 22.1. The Balaban J connectivity index is 2.14. The summed E-state index contributed by atoms with van der Waals surface area (Å²) < 4.78 is 18.5. The molecule has 3 rings (SSSR count). The zero-order valence-corrected chi connectivity index (χ0v) is 18.6. The number of fused-ring (bicyclic) bond motifs is 3. The van der Waals surface area contributed by atoms with Crippen LogP contribution in [0.5, 0.6) is 11.5 Å². The van der Waals surface area contributed by atoms with E-state index in [0.717, 1.165) is 23.2 Å². The maximum atomic E-state index is 12.6. The second kappa shape index (κ2) is 8.52. The number of ketones is 1. The van der Waals surface area contributed by atoms with Gasteiger partial charge < -0.3 is 19.2 Å². The number of hydrogen-bond acceptors (Lipinski definition) is 6. The quantitative estimate of drug-likeness (QED) is 0.511. The summed E-state index contributed by atoms with van der Waals surface area (Å²) in [6, 6.07) is 5.41. The van der Waals surface area contributed by atoms with E-state index in [0.29, 0.717) is 31.3 Å². The number of carbonyl (C=O) groups excluding carboxylic acids is 1. The lowest BCUT2D eigenvalue weighted by Gasteiger charge is -2.44. The molecular weight excluding hydrogens is 384 g/mol. The van der Waals surface area contributed by atoms with Crippen molar-refractivity contribution in [3.05, 3.63) is 45.7 Å². The molecule has 0 radical (unpaired) electrons. The number of ether oxygens (including phenoxy) is 3. The van der Waals surface area contributed by atoms with E-state index in [4.69, 9.17) is 14.2 Å². The van der Waals surface area contributed by atoms with Crippen LogP contribution in [-0.4, -0.2) is 43.4 Å². The first kappa shape index (κ1) is 21.9. The van der Waals surface area contributed by atoms with Crippen LogP contribution in [-0.2, 0) is 11.3 Å². The molecule has 0 spiro atoms. The van der Waals surface area contributed by atoms with Crippen LogP contribution < -0.4 is 19.9 Å². The predicted octanol–water partition coefficient (Wildman–Crippen LogP) is 3.39. The minimum absolute atomic E-state index is 0.182. The number of aromatic nitrogens is 1. The third-order valence-electron chi connectivity index (χ3n) is 5.18. The lowest BCUT2D eigenvalue weighted by atomic mass is 9.97. The van der Waals surface area contributed by atoms with Gasteiger partial charge in [-0.3, -0.25) is 14.3 Å². The third-order valence-corrected chi connectivity index (χ3v) is 5.18. The van der Waals surface area contributed by atoms with Gasteiger partial charge in [0.05, 0.1) is 31.5 Å². The first-order chi connectivity index (χ1) is 14.2. The van der Waals surface area contributed by atoms with Crippen molar-refractivity contribution in [2.75, 3.05) is 32.4 Å². The molecule has 0 unspecified atom stereocenters. The molecule has 30 heavy (non-hydrogen) atoms. The topological polar surface area (TPSA) is 70.0 Å². The van der Waals surface area contributed by atoms with Crippen LogP contribution in [0.2, 0.25) is 0 Å². The summed E-state index contributed by atoms with van der Waals surface area (Å²) in [5, 5.41) is 2.14. The Bertz CT molecular complexity index is 1000. The minimum Gasteiger partial charge on any atom is -0.493 e. The fourth-order valence-electron chi connectivity index (χ4n) is 3.62. The van der Waals surface area contributed by atoms with Crippen molar-refractivity contribution in [3.8, 4) is 22.8 Å². The van der Waals surface area contributed by atoms with E-state index >= 15 is 0 Å². The number of rotatable bonds is 7. The van der Waals surface area contributed by atoms with Crippen molar-refractivity contribution in [1.82, 2.24) is 4.68 Å². The molecule has 162 valence electrons. The van der Waals surface area contributed by atoms with E-state index < -0.39 is 0 Å². The molecule has 0 fully saturated rings. The number of hydrogen-bond donors (Lipinski definition) is 0. The molecule has 1 aliphatic rings. The molecule has 7 nitrogen and oxygen atoms in total. The Hall–Kier alpha value is -2.80. The van der Waals surface area contributed by atoms with E-state index in [1.807, 2.05) is 16.8 Å². The van der Waals surface area contributed by atoms with Gasteiger partial charge in [0, 0.05) is 43.5 Å². The van der Waals surface area contributed by atoms with Gasteiger partial charge in [0.25, 0.3) is 0 Å². The molecule has 0 saturated carbocycles. The van der Waals surface area contributed by atoms with E-state index in [2.05, 4.69) is 25.8 Å². The van der Waals surface area contributed by atoms with Crippen LogP contribution in [0.25, 0.3) is 11.3 Å². The van der Waals surface area contributed by atoms with E-state index in [1.54, 1.807) is 20.4 Å². The summed E-state index contributed by atoms with van der Waals surface area (Å²) in [6.45, 7) is 9.45. The summed E-state index contributed by atoms with van der Waals surface area (Å²) in [5.74, 6) is 1.02. The Morgan fingerprint density at radius 3 is 2.43 bits per heavy atom. The van der Waals surface area contributed by atoms with Gasteiger partial charge in [-0.1, -0.05) is 0 Å². The maximum Gasteiger partial charge on any atom is 0.193 e. The average molecular weight is 415 g/mol. The van der Waals surface area contributed by atoms with Crippen molar-refractivity contribution in [1.29, 1.82) is 0 Å². The lowest BCUT2D eigenvalue weighted by molar-refractivity contribution is 0.101.